The van der Waals surface area contributed by atoms with Crippen LogP contribution in [0, 0.1) is 0 Å². The minimum atomic E-state index is -0.427. The Balaban J connectivity index is 0. The number of carbonyl (C=O) groups is 1. The zero-order chi connectivity index (χ0) is 11.9. The van der Waals surface area contributed by atoms with E-state index in [9.17, 15) is 4.79 Å². The van der Waals surface area contributed by atoms with Gasteiger partial charge in [0, 0.05) is 12.6 Å². The van der Waals surface area contributed by atoms with Crippen molar-refractivity contribution in [1.82, 2.24) is 5.32 Å². The van der Waals surface area contributed by atoms with E-state index in [1.807, 2.05) is 20.8 Å². The summed E-state index contributed by atoms with van der Waals surface area (Å²) in [7, 11) is 0. The van der Waals surface area contributed by atoms with Crippen LogP contribution in [-0.2, 0) is 4.74 Å². The number of alkyl carbamates (subject to hydrolysis) is 1. The minimum Gasteiger partial charge on any atom is -0.444 e. The molecule has 16 heavy (non-hydrogen) atoms. The number of ether oxygens (including phenoxy) is 1. The molecule has 3 N–H and O–H groups in total. The van der Waals surface area contributed by atoms with Crippen LogP contribution in [0.4, 0.5) is 4.79 Å². The summed E-state index contributed by atoms with van der Waals surface area (Å²) in [6.45, 7) is 8.23. The molecule has 0 heterocycles. The summed E-state index contributed by atoms with van der Waals surface area (Å²) in [6, 6.07) is 0.241. The Bertz CT molecular complexity index is 193. The summed E-state index contributed by atoms with van der Waals surface area (Å²) in [5.74, 6) is 0. The van der Waals surface area contributed by atoms with E-state index in [-0.39, 0.29) is 24.5 Å². The monoisotopic (exact) mass is 252 g/mol. The highest BCUT2D eigenvalue weighted by Gasteiger charge is 2.15. The van der Waals surface area contributed by atoms with Gasteiger partial charge in [0.15, 0.2) is 0 Å². The fourth-order valence-electron chi connectivity index (χ4n) is 1.07. The summed E-state index contributed by atoms with van der Waals surface area (Å²) in [4.78, 5) is 11.2. The van der Waals surface area contributed by atoms with Crippen LogP contribution in [0.2, 0.25) is 0 Å². The summed E-state index contributed by atoms with van der Waals surface area (Å²) in [5.41, 5.74) is 5.32. The number of nitrogens with two attached hydrogens (primary N) is 1. The average molecular weight is 253 g/mol. The first-order valence-corrected chi connectivity index (χ1v) is 5.57. The Morgan fingerprint density at radius 2 is 2.00 bits per heavy atom. The van der Waals surface area contributed by atoms with Gasteiger partial charge in [-0.2, -0.15) is 0 Å². The molecule has 0 aliphatic heterocycles. The molecule has 4 nitrogen and oxygen atoms in total. The molecule has 5 heteroatoms. The summed E-state index contributed by atoms with van der Waals surface area (Å²) in [6.07, 6.45) is 2.46. The van der Waals surface area contributed by atoms with E-state index in [1.54, 1.807) is 0 Å². The van der Waals surface area contributed by atoms with Crippen molar-refractivity contribution in [2.75, 3.05) is 6.54 Å². The zero-order valence-electron chi connectivity index (χ0n) is 10.7. The largest absolute Gasteiger partial charge is 0.444 e. The number of hydrogen-bond donors (Lipinski definition) is 2. The van der Waals surface area contributed by atoms with E-state index >= 15 is 0 Å². The lowest BCUT2D eigenvalue weighted by Crippen LogP contribution is -2.33. The summed E-state index contributed by atoms with van der Waals surface area (Å²) in [5, 5.41) is 2.70. The Kier molecular flexibility index (Phi) is 9.67. The van der Waals surface area contributed by atoms with Gasteiger partial charge in [0.05, 0.1) is 0 Å². The molecule has 0 radical (unpaired) electrons. The van der Waals surface area contributed by atoms with Gasteiger partial charge < -0.3 is 15.8 Å². The molecular formula is C11H25ClN2O2. The van der Waals surface area contributed by atoms with Crippen molar-refractivity contribution < 1.29 is 9.53 Å². The Hall–Kier alpha value is -0.480. The molecule has 0 saturated heterocycles. The number of amides is 1. The van der Waals surface area contributed by atoms with Crippen LogP contribution < -0.4 is 11.1 Å². The van der Waals surface area contributed by atoms with E-state index < -0.39 is 5.60 Å². The summed E-state index contributed by atoms with van der Waals surface area (Å²) >= 11 is 0. The predicted octanol–water partition coefficient (Wildman–Crippen LogP) is 2.45. The van der Waals surface area contributed by atoms with Crippen LogP contribution in [-0.4, -0.2) is 24.3 Å². The molecule has 0 aromatic rings. The highest BCUT2D eigenvalue weighted by molar-refractivity contribution is 5.85. The number of hydrogen-bond acceptors (Lipinski definition) is 3. The van der Waals surface area contributed by atoms with Gasteiger partial charge >= 0.3 is 6.09 Å². The number of nitrogens with one attached hydrogen (secondary N) is 1. The maximum absolute atomic E-state index is 11.2. The van der Waals surface area contributed by atoms with E-state index in [0.717, 1.165) is 19.3 Å². The molecule has 1 amide bonds. The number of halogens is 1. The third kappa shape index (κ3) is 11.6. The van der Waals surface area contributed by atoms with Crippen LogP contribution in [0.3, 0.4) is 0 Å². The second kappa shape index (κ2) is 8.65. The maximum Gasteiger partial charge on any atom is 0.407 e. The molecule has 0 aromatic carbocycles. The van der Waals surface area contributed by atoms with E-state index in [0.29, 0.717) is 6.54 Å². The van der Waals surface area contributed by atoms with E-state index in [1.165, 1.54) is 0 Å². The molecule has 1 atom stereocenters. The number of rotatable bonds is 5. The lowest BCUT2D eigenvalue weighted by Gasteiger charge is -2.19. The fourth-order valence-corrected chi connectivity index (χ4v) is 1.07. The molecule has 0 aliphatic rings. The lowest BCUT2D eigenvalue weighted by atomic mass is 10.1. The third-order valence-corrected chi connectivity index (χ3v) is 1.94. The standard InChI is InChI=1S/C11H24N2O2.ClH/c1-5-9(12)7-6-8-13-10(14)15-11(2,3)4;/h9H,5-8,12H2,1-4H3,(H,13,14);1H. The molecule has 0 aliphatic carbocycles. The molecule has 0 aromatic heterocycles. The molecule has 0 bridgehead atoms. The van der Waals surface area contributed by atoms with Gasteiger partial charge in [-0.25, -0.2) is 4.79 Å². The van der Waals surface area contributed by atoms with Gasteiger partial charge in [-0.15, -0.1) is 12.4 Å². The van der Waals surface area contributed by atoms with Gasteiger partial charge in [0.1, 0.15) is 5.60 Å². The molecule has 0 fully saturated rings. The first kappa shape index (κ1) is 17.9. The van der Waals surface area contributed by atoms with Gasteiger partial charge in [-0.1, -0.05) is 6.92 Å². The highest BCUT2D eigenvalue weighted by Crippen LogP contribution is 2.06. The van der Waals surface area contributed by atoms with Crippen molar-refractivity contribution in [1.29, 1.82) is 0 Å². The topological polar surface area (TPSA) is 64.3 Å². The second-order valence-corrected chi connectivity index (χ2v) is 4.74. The quantitative estimate of drug-likeness (QED) is 0.739. The van der Waals surface area contributed by atoms with E-state index in [4.69, 9.17) is 10.5 Å². The molecule has 98 valence electrons. The van der Waals surface area contributed by atoms with Crippen molar-refractivity contribution in [3.8, 4) is 0 Å². The van der Waals surface area contributed by atoms with Gasteiger partial charge in [0.2, 0.25) is 0 Å². The first-order chi connectivity index (χ1) is 6.85. The van der Waals surface area contributed by atoms with Crippen molar-refractivity contribution in [3.05, 3.63) is 0 Å². The molecule has 1 unspecified atom stereocenters. The van der Waals surface area contributed by atoms with Crippen LogP contribution in [0.15, 0.2) is 0 Å². The molecular weight excluding hydrogens is 228 g/mol. The minimum absolute atomic E-state index is 0. The number of carbonyl (C=O) groups excluding carboxylic acids is 1. The Morgan fingerprint density at radius 3 is 2.44 bits per heavy atom. The van der Waals surface area contributed by atoms with Crippen molar-refractivity contribution in [2.24, 2.45) is 5.73 Å². The van der Waals surface area contributed by atoms with Gasteiger partial charge in [0.25, 0.3) is 0 Å². The Labute approximate surface area is 105 Å². The normalized spacial score (nSPS) is 12.6. The predicted molar refractivity (Wildman–Crippen MR) is 69.0 cm³/mol. The van der Waals surface area contributed by atoms with Gasteiger partial charge in [-0.3, -0.25) is 0 Å². The maximum atomic E-state index is 11.2. The fraction of sp³-hybridized carbons (Fsp3) is 0.909. The smallest absolute Gasteiger partial charge is 0.407 e. The van der Waals surface area contributed by atoms with Crippen LogP contribution in [0.5, 0.6) is 0 Å². The lowest BCUT2D eigenvalue weighted by molar-refractivity contribution is 0.0526. The van der Waals surface area contributed by atoms with Crippen molar-refractivity contribution >= 4 is 18.5 Å². The van der Waals surface area contributed by atoms with Crippen molar-refractivity contribution in [2.45, 2.75) is 58.6 Å². The molecule has 0 spiro atoms. The average Bonchev–Trinajstić information content (AvgIpc) is 2.09. The van der Waals surface area contributed by atoms with E-state index in [2.05, 4.69) is 12.2 Å². The SMILES string of the molecule is CCC(N)CCCNC(=O)OC(C)(C)C.Cl. The zero-order valence-corrected chi connectivity index (χ0v) is 11.5. The van der Waals surface area contributed by atoms with Crippen molar-refractivity contribution in [3.63, 3.8) is 0 Å². The van der Waals surface area contributed by atoms with Gasteiger partial charge in [-0.05, 0) is 40.0 Å². The van der Waals surface area contributed by atoms with Crippen LogP contribution >= 0.6 is 12.4 Å². The second-order valence-electron chi connectivity index (χ2n) is 4.74. The van der Waals surface area contributed by atoms with Crippen LogP contribution in [0.1, 0.15) is 47.0 Å². The third-order valence-electron chi connectivity index (χ3n) is 1.94. The molecule has 0 saturated carbocycles. The highest BCUT2D eigenvalue weighted by atomic mass is 35.5. The molecule has 0 rings (SSSR count). The Morgan fingerprint density at radius 1 is 1.44 bits per heavy atom. The van der Waals surface area contributed by atoms with Crippen LogP contribution in [0.25, 0.3) is 0 Å². The summed E-state index contributed by atoms with van der Waals surface area (Å²) < 4.78 is 5.09. The first-order valence-electron chi connectivity index (χ1n) is 5.57.